The lowest BCUT2D eigenvalue weighted by Gasteiger charge is -2.07. The molecule has 0 radical (unpaired) electrons. The van der Waals surface area contributed by atoms with Crippen LogP contribution in [0.25, 0.3) is 0 Å². The fraction of sp³-hybridized carbons (Fsp3) is 0.182. The fourth-order valence-electron chi connectivity index (χ4n) is 1.31. The molecule has 2 nitrogen and oxygen atoms in total. The van der Waals surface area contributed by atoms with E-state index in [0.717, 1.165) is 17.1 Å². The van der Waals surface area contributed by atoms with Gasteiger partial charge in [0.25, 0.3) is 0 Å². The van der Waals surface area contributed by atoms with Gasteiger partial charge in [-0.1, -0.05) is 17.7 Å². The number of rotatable bonds is 3. The van der Waals surface area contributed by atoms with Crippen LogP contribution in [0.5, 0.6) is 0 Å². The van der Waals surface area contributed by atoms with Crippen molar-refractivity contribution in [1.29, 1.82) is 0 Å². The molecular formula is C11H10ClIN2S. The Morgan fingerprint density at radius 3 is 2.94 bits per heavy atom. The summed E-state index contributed by atoms with van der Waals surface area (Å²) in [6, 6.07) is 6.35. The molecule has 1 N–H and O–H groups in total. The van der Waals surface area contributed by atoms with E-state index in [1.54, 1.807) is 6.20 Å². The molecule has 0 aliphatic heterocycles. The van der Waals surface area contributed by atoms with Crippen molar-refractivity contribution in [2.75, 3.05) is 5.32 Å². The number of anilines is 1. The Morgan fingerprint density at radius 1 is 1.50 bits per heavy atom. The van der Waals surface area contributed by atoms with Crippen molar-refractivity contribution in [2.24, 2.45) is 0 Å². The number of hydrogen-bond donors (Lipinski definition) is 1. The van der Waals surface area contributed by atoms with E-state index in [2.05, 4.69) is 58.0 Å². The number of aromatic nitrogens is 1. The van der Waals surface area contributed by atoms with E-state index in [1.165, 1.54) is 20.5 Å². The maximum absolute atomic E-state index is 5.77. The molecule has 2 rings (SSSR count). The van der Waals surface area contributed by atoms with E-state index in [4.69, 9.17) is 11.6 Å². The van der Waals surface area contributed by atoms with Crippen molar-refractivity contribution in [1.82, 2.24) is 4.98 Å². The van der Waals surface area contributed by atoms with Gasteiger partial charge in [0.15, 0.2) is 4.47 Å². The molecule has 0 atom stereocenters. The summed E-state index contributed by atoms with van der Waals surface area (Å²) in [6.07, 6.45) is 1.81. The number of halogens is 2. The third-order valence-electron chi connectivity index (χ3n) is 2.10. The summed E-state index contributed by atoms with van der Waals surface area (Å²) in [5, 5.41) is 3.37. The van der Waals surface area contributed by atoms with Gasteiger partial charge in [-0.3, -0.25) is 0 Å². The summed E-state index contributed by atoms with van der Waals surface area (Å²) in [5.41, 5.74) is 2.42. The van der Waals surface area contributed by atoms with Gasteiger partial charge in [0.1, 0.15) is 0 Å². The molecule has 0 bridgehead atoms. The Kier molecular flexibility index (Phi) is 4.05. The molecular weight excluding hydrogens is 355 g/mol. The first-order chi connectivity index (χ1) is 7.65. The molecule has 1 aromatic carbocycles. The molecule has 1 aromatic heterocycles. The predicted molar refractivity (Wildman–Crippen MR) is 78.3 cm³/mol. The molecule has 0 amide bonds. The zero-order valence-corrected chi connectivity index (χ0v) is 12.4. The molecule has 0 unspecified atom stereocenters. The second-order valence-electron chi connectivity index (χ2n) is 3.42. The number of aryl methyl sites for hydroxylation is 1. The predicted octanol–water partition coefficient (Wildman–Crippen LogP) is 4.32. The van der Waals surface area contributed by atoms with E-state index in [9.17, 15) is 0 Å². The first kappa shape index (κ1) is 12.1. The van der Waals surface area contributed by atoms with Gasteiger partial charge in [0, 0.05) is 20.3 Å². The second kappa shape index (κ2) is 5.33. The fourth-order valence-corrected chi connectivity index (χ4v) is 3.09. The summed E-state index contributed by atoms with van der Waals surface area (Å²) >= 11 is 9.61. The lowest BCUT2D eigenvalue weighted by Crippen LogP contribution is -1.99. The van der Waals surface area contributed by atoms with Crippen LogP contribution in [0.4, 0.5) is 5.69 Å². The van der Waals surface area contributed by atoms with Gasteiger partial charge >= 0.3 is 0 Å². The number of thiazole rings is 1. The van der Waals surface area contributed by atoms with Gasteiger partial charge in [0.2, 0.25) is 0 Å². The van der Waals surface area contributed by atoms with Crippen LogP contribution in [-0.2, 0) is 6.54 Å². The molecule has 0 saturated heterocycles. The first-order valence-electron chi connectivity index (χ1n) is 4.75. The number of benzene rings is 1. The maximum atomic E-state index is 5.77. The molecule has 0 spiro atoms. The smallest absolute Gasteiger partial charge is 0.183 e. The first-order valence-corrected chi connectivity index (χ1v) is 7.03. The van der Waals surface area contributed by atoms with Crippen LogP contribution in [0.2, 0.25) is 4.47 Å². The van der Waals surface area contributed by atoms with Crippen LogP contribution in [0.15, 0.2) is 24.4 Å². The highest BCUT2D eigenvalue weighted by atomic mass is 127. The maximum Gasteiger partial charge on any atom is 0.183 e. The van der Waals surface area contributed by atoms with Crippen LogP contribution in [0.3, 0.4) is 0 Å². The van der Waals surface area contributed by atoms with Gasteiger partial charge in [-0.2, -0.15) is 0 Å². The molecule has 84 valence electrons. The Balaban J connectivity index is 2.04. The Bertz CT molecular complexity index is 498. The van der Waals surface area contributed by atoms with E-state index < -0.39 is 0 Å². The Labute approximate surface area is 117 Å². The minimum absolute atomic E-state index is 0.593. The lowest BCUT2D eigenvalue weighted by atomic mass is 10.2. The van der Waals surface area contributed by atoms with Crippen LogP contribution >= 0.6 is 45.5 Å². The lowest BCUT2D eigenvalue weighted by molar-refractivity contribution is 1.17. The van der Waals surface area contributed by atoms with E-state index in [1.807, 2.05) is 0 Å². The van der Waals surface area contributed by atoms with E-state index in [-0.39, 0.29) is 0 Å². The van der Waals surface area contributed by atoms with Crippen LogP contribution in [-0.4, -0.2) is 4.98 Å². The molecule has 16 heavy (non-hydrogen) atoms. The summed E-state index contributed by atoms with van der Waals surface area (Å²) in [7, 11) is 0. The number of nitrogens with one attached hydrogen (secondary N) is 1. The van der Waals surface area contributed by atoms with Gasteiger partial charge < -0.3 is 5.32 Å². The topological polar surface area (TPSA) is 24.9 Å². The third kappa shape index (κ3) is 3.09. The summed E-state index contributed by atoms with van der Waals surface area (Å²) < 4.78 is 1.82. The van der Waals surface area contributed by atoms with E-state index in [0.29, 0.717) is 4.47 Å². The number of nitrogens with zero attached hydrogens (tertiary/aromatic N) is 1. The van der Waals surface area contributed by atoms with Gasteiger partial charge in [0.05, 0.1) is 6.54 Å². The molecule has 0 aliphatic rings. The minimum Gasteiger partial charge on any atom is -0.379 e. The Hall–Kier alpha value is -0.330. The normalized spacial score (nSPS) is 10.4. The van der Waals surface area contributed by atoms with Crippen LogP contribution < -0.4 is 5.32 Å². The third-order valence-corrected chi connectivity index (χ3v) is 4.11. The van der Waals surface area contributed by atoms with Crippen molar-refractivity contribution < 1.29 is 0 Å². The second-order valence-corrected chi connectivity index (χ2v) is 6.28. The quantitative estimate of drug-likeness (QED) is 0.820. The molecule has 2 aromatic rings. The minimum atomic E-state index is 0.593. The van der Waals surface area contributed by atoms with Crippen molar-refractivity contribution in [3.8, 4) is 0 Å². The van der Waals surface area contributed by atoms with Crippen LogP contribution in [0, 0.1) is 10.5 Å². The molecule has 5 heteroatoms. The Morgan fingerprint density at radius 2 is 2.31 bits per heavy atom. The molecule has 0 saturated carbocycles. The SMILES string of the molecule is Cc1ccc(NCc2cnc(Cl)s2)c(I)c1. The molecule has 0 fully saturated rings. The molecule has 0 aliphatic carbocycles. The zero-order valence-electron chi connectivity index (χ0n) is 8.63. The average Bonchev–Trinajstić information content (AvgIpc) is 2.63. The average molecular weight is 365 g/mol. The van der Waals surface area contributed by atoms with Crippen molar-refractivity contribution in [3.63, 3.8) is 0 Å². The van der Waals surface area contributed by atoms with Gasteiger partial charge in [-0.25, -0.2) is 4.98 Å². The highest BCUT2D eigenvalue weighted by Gasteiger charge is 2.02. The van der Waals surface area contributed by atoms with E-state index >= 15 is 0 Å². The zero-order chi connectivity index (χ0) is 11.5. The number of hydrogen-bond acceptors (Lipinski definition) is 3. The van der Waals surface area contributed by atoms with Crippen molar-refractivity contribution in [2.45, 2.75) is 13.5 Å². The van der Waals surface area contributed by atoms with Crippen LogP contribution in [0.1, 0.15) is 10.4 Å². The van der Waals surface area contributed by atoms with Gasteiger partial charge in [-0.15, -0.1) is 11.3 Å². The monoisotopic (exact) mass is 364 g/mol. The highest BCUT2D eigenvalue weighted by Crippen LogP contribution is 2.22. The van der Waals surface area contributed by atoms with Crippen molar-refractivity contribution >= 4 is 51.2 Å². The summed E-state index contributed by atoms with van der Waals surface area (Å²) in [6.45, 7) is 2.86. The summed E-state index contributed by atoms with van der Waals surface area (Å²) in [4.78, 5) is 5.15. The van der Waals surface area contributed by atoms with Gasteiger partial charge in [-0.05, 0) is 47.2 Å². The molecule has 1 heterocycles. The summed E-state index contributed by atoms with van der Waals surface area (Å²) in [5.74, 6) is 0. The van der Waals surface area contributed by atoms with Crippen molar-refractivity contribution in [3.05, 3.63) is 42.9 Å². The standard InChI is InChI=1S/C11H10ClIN2S/c1-7-2-3-10(9(13)4-7)14-5-8-6-15-11(12)16-8/h2-4,6,14H,5H2,1H3. The highest BCUT2D eigenvalue weighted by molar-refractivity contribution is 14.1. The largest absolute Gasteiger partial charge is 0.379 e.